The fourth-order valence-corrected chi connectivity index (χ4v) is 1.72. The van der Waals surface area contributed by atoms with E-state index in [1.165, 1.54) is 20.3 Å². The minimum absolute atomic E-state index is 0.00912. The van der Waals surface area contributed by atoms with Gasteiger partial charge in [0.25, 0.3) is 5.69 Å². The van der Waals surface area contributed by atoms with Gasteiger partial charge in [-0.1, -0.05) is 12.1 Å². The van der Waals surface area contributed by atoms with E-state index in [2.05, 4.69) is 0 Å². The van der Waals surface area contributed by atoms with Gasteiger partial charge in [-0.05, 0) is 6.07 Å². The molecule has 1 rings (SSSR count). The predicted octanol–water partition coefficient (Wildman–Crippen LogP) is 1.26. The number of rotatable bonds is 6. The van der Waals surface area contributed by atoms with Crippen LogP contribution < -0.4 is 5.73 Å². The maximum atomic E-state index is 10.9. The van der Waals surface area contributed by atoms with Gasteiger partial charge >= 0.3 is 0 Å². The maximum Gasteiger partial charge on any atom is 0.275 e. The average molecular weight is 240 g/mol. The predicted molar refractivity (Wildman–Crippen MR) is 62.7 cm³/mol. The lowest BCUT2D eigenvalue weighted by Crippen LogP contribution is -2.31. The van der Waals surface area contributed by atoms with Gasteiger partial charge in [0.2, 0.25) is 0 Å². The summed E-state index contributed by atoms with van der Waals surface area (Å²) in [6.07, 6.45) is -0.965. The highest BCUT2D eigenvalue weighted by atomic mass is 16.6. The van der Waals surface area contributed by atoms with Gasteiger partial charge < -0.3 is 15.2 Å². The molecule has 0 aromatic heterocycles. The molecule has 2 atom stereocenters. The monoisotopic (exact) mass is 240 g/mol. The molecule has 0 saturated carbocycles. The number of hydrogen-bond donors (Lipinski definition) is 1. The van der Waals surface area contributed by atoms with Crippen molar-refractivity contribution >= 4 is 5.69 Å². The van der Waals surface area contributed by atoms with Gasteiger partial charge in [0.05, 0.1) is 16.6 Å². The minimum Gasteiger partial charge on any atom is -0.377 e. The van der Waals surface area contributed by atoms with Crippen molar-refractivity contribution in [3.63, 3.8) is 0 Å². The van der Waals surface area contributed by atoms with E-state index < -0.39 is 17.1 Å². The summed E-state index contributed by atoms with van der Waals surface area (Å²) in [7, 11) is 2.97. The molecule has 0 amide bonds. The molecule has 0 spiro atoms. The Morgan fingerprint density at radius 2 is 2.00 bits per heavy atom. The third-order valence-electron chi connectivity index (χ3n) is 2.57. The molecule has 0 fully saturated rings. The summed E-state index contributed by atoms with van der Waals surface area (Å²) in [4.78, 5) is 10.5. The number of nitro benzene ring substituents is 1. The van der Waals surface area contributed by atoms with Crippen LogP contribution in [-0.4, -0.2) is 31.8 Å². The average Bonchev–Trinajstić information content (AvgIpc) is 2.35. The van der Waals surface area contributed by atoms with Crippen LogP contribution >= 0.6 is 0 Å². The summed E-state index contributed by atoms with van der Waals surface area (Å²) in [6, 6.07) is 6.41. The number of nitro groups is 1. The maximum absolute atomic E-state index is 10.9. The molecule has 6 nitrogen and oxygen atoms in total. The van der Waals surface area contributed by atoms with Crippen LogP contribution in [0.5, 0.6) is 0 Å². The number of benzene rings is 1. The first-order valence-corrected chi connectivity index (χ1v) is 5.14. The summed E-state index contributed by atoms with van der Waals surface area (Å²) >= 11 is 0. The molecular weight excluding hydrogens is 224 g/mol. The Labute approximate surface area is 99.5 Å². The molecule has 0 saturated heterocycles. The van der Waals surface area contributed by atoms with Gasteiger partial charge in [-0.15, -0.1) is 0 Å². The molecule has 0 heterocycles. The lowest BCUT2D eigenvalue weighted by Gasteiger charge is -2.23. The minimum atomic E-state index is -0.549. The van der Waals surface area contributed by atoms with Gasteiger partial charge in [-0.2, -0.15) is 0 Å². The zero-order valence-corrected chi connectivity index (χ0v) is 9.83. The molecule has 0 aliphatic heterocycles. The molecule has 17 heavy (non-hydrogen) atoms. The molecule has 94 valence electrons. The van der Waals surface area contributed by atoms with Crippen molar-refractivity contribution < 1.29 is 14.4 Å². The fourth-order valence-electron chi connectivity index (χ4n) is 1.72. The van der Waals surface area contributed by atoms with Crippen LogP contribution in [0.25, 0.3) is 0 Å². The SMILES string of the molecule is CO[C@@H](CN)[C@@H](OC)c1ccccc1[N+](=O)[O-]. The highest BCUT2D eigenvalue weighted by Crippen LogP contribution is 2.30. The molecule has 0 radical (unpaired) electrons. The smallest absolute Gasteiger partial charge is 0.275 e. The van der Waals surface area contributed by atoms with Crippen molar-refractivity contribution in [2.24, 2.45) is 5.73 Å². The summed E-state index contributed by atoms with van der Waals surface area (Å²) in [6.45, 7) is 0.223. The van der Waals surface area contributed by atoms with Crippen molar-refractivity contribution in [2.45, 2.75) is 12.2 Å². The van der Waals surface area contributed by atoms with E-state index in [0.29, 0.717) is 5.56 Å². The third kappa shape index (κ3) is 3.00. The quantitative estimate of drug-likeness (QED) is 0.597. The molecule has 0 aliphatic carbocycles. The molecule has 0 aliphatic rings. The third-order valence-corrected chi connectivity index (χ3v) is 2.57. The van der Waals surface area contributed by atoms with Gasteiger partial charge in [0, 0.05) is 26.8 Å². The van der Waals surface area contributed by atoms with Crippen LogP contribution in [0.1, 0.15) is 11.7 Å². The molecule has 0 bridgehead atoms. The second kappa shape index (κ2) is 6.29. The number of nitrogens with two attached hydrogens (primary N) is 1. The van der Waals surface area contributed by atoms with E-state index >= 15 is 0 Å². The summed E-state index contributed by atoms with van der Waals surface area (Å²) in [5.41, 5.74) is 6.03. The molecular formula is C11H16N2O4. The second-order valence-corrected chi connectivity index (χ2v) is 3.48. The van der Waals surface area contributed by atoms with E-state index in [-0.39, 0.29) is 12.2 Å². The molecule has 6 heteroatoms. The van der Waals surface area contributed by atoms with Crippen molar-refractivity contribution in [2.75, 3.05) is 20.8 Å². The Morgan fingerprint density at radius 3 is 2.47 bits per heavy atom. The van der Waals surface area contributed by atoms with Crippen LogP contribution in [-0.2, 0) is 9.47 Å². The normalized spacial score (nSPS) is 14.3. The standard InChI is InChI=1S/C11H16N2O4/c1-16-10(7-12)11(17-2)8-5-3-4-6-9(8)13(14)15/h3-6,10-11H,7,12H2,1-2H3/t10-,11-/m0/s1. The first-order chi connectivity index (χ1) is 8.15. The van der Waals surface area contributed by atoms with Crippen LogP contribution in [0.15, 0.2) is 24.3 Å². The van der Waals surface area contributed by atoms with E-state index in [1.54, 1.807) is 18.2 Å². The molecule has 0 unspecified atom stereocenters. The van der Waals surface area contributed by atoms with E-state index in [1.807, 2.05) is 0 Å². The topological polar surface area (TPSA) is 87.6 Å². The van der Waals surface area contributed by atoms with Crippen molar-refractivity contribution in [3.8, 4) is 0 Å². The van der Waals surface area contributed by atoms with E-state index in [9.17, 15) is 10.1 Å². The Kier molecular flexibility index (Phi) is 5.02. The summed E-state index contributed by atoms with van der Waals surface area (Å²) in [5.74, 6) is 0. The van der Waals surface area contributed by atoms with Crippen molar-refractivity contribution in [1.29, 1.82) is 0 Å². The van der Waals surface area contributed by atoms with Crippen LogP contribution in [0.3, 0.4) is 0 Å². The highest BCUT2D eigenvalue weighted by molar-refractivity contribution is 5.42. The van der Waals surface area contributed by atoms with Gasteiger partial charge in [-0.3, -0.25) is 10.1 Å². The van der Waals surface area contributed by atoms with Crippen molar-refractivity contribution in [1.82, 2.24) is 0 Å². The molecule has 1 aromatic carbocycles. The zero-order valence-electron chi connectivity index (χ0n) is 9.83. The highest BCUT2D eigenvalue weighted by Gasteiger charge is 2.28. The van der Waals surface area contributed by atoms with Crippen LogP contribution in [0, 0.1) is 10.1 Å². The first-order valence-electron chi connectivity index (χ1n) is 5.14. The van der Waals surface area contributed by atoms with E-state index in [4.69, 9.17) is 15.2 Å². The molecule has 2 N–H and O–H groups in total. The fraction of sp³-hybridized carbons (Fsp3) is 0.455. The number of hydrogen-bond acceptors (Lipinski definition) is 5. The first kappa shape index (κ1) is 13.6. The lowest BCUT2D eigenvalue weighted by atomic mass is 10.0. The zero-order chi connectivity index (χ0) is 12.8. The number of ether oxygens (including phenoxy) is 2. The summed E-state index contributed by atoms with van der Waals surface area (Å²) in [5, 5.41) is 10.9. The Bertz CT molecular complexity index is 379. The van der Waals surface area contributed by atoms with Crippen LogP contribution in [0.4, 0.5) is 5.69 Å². The second-order valence-electron chi connectivity index (χ2n) is 3.48. The number of methoxy groups -OCH3 is 2. The van der Waals surface area contributed by atoms with E-state index in [0.717, 1.165) is 0 Å². The Morgan fingerprint density at radius 1 is 1.35 bits per heavy atom. The Balaban J connectivity index is 3.15. The Hall–Kier alpha value is -1.50. The van der Waals surface area contributed by atoms with Gasteiger partial charge in [-0.25, -0.2) is 0 Å². The van der Waals surface area contributed by atoms with Gasteiger partial charge in [0.15, 0.2) is 0 Å². The van der Waals surface area contributed by atoms with Crippen LogP contribution in [0.2, 0.25) is 0 Å². The lowest BCUT2D eigenvalue weighted by molar-refractivity contribution is -0.386. The number of para-hydroxylation sites is 1. The largest absolute Gasteiger partial charge is 0.377 e. The van der Waals surface area contributed by atoms with Crippen molar-refractivity contribution in [3.05, 3.63) is 39.9 Å². The number of nitrogens with zero attached hydrogens (tertiary/aromatic N) is 1. The molecule has 1 aromatic rings. The summed E-state index contributed by atoms with van der Waals surface area (Å²) < 4.78 is 10.4. The van der Waals surface area contributed by atoms with Gasteiger partial charge in [0.1, 0.15) is 6.10 Å².